The molecular weight excluding hydrogens is 532 g/mol. The molecule has 226 valence electrons. The molecule has 10 nitrogen and oxygen atoms in total. The van der Waals surface area contributed by atoms with Gasteiger partial charge in [0.2, 0.25) is 5.89 Å². The number of amides is 2. The fourth-order valence-corrected chi connectivity index (χ4v) is 5.05. The summed E-state index contributed by atoms with van der Waals surface area (Å²) in [6.45, 7) is 16.3. The van der Waals surface area contributed by atoms with Crippen LogP contribution in [0.15, 0.2) is 41.2 Å². The van der Waals surface area contributed by atoms with Crippen molar-refractivity contribution in [2.45, 2.75) is 78.9 Å². The number of ether oxygens (including phenoxy) is 1. The molecule has 0 aliphatic carbocycles. The van der Waals surface area contributed by atoms with E-state index >= 15 is 0 Å². The molecule has 3 heterocycles. The Morgan fingerprint density at radius 3 is 2.60 bits per heavy atom. The van der Waals surface area contributed by atoms with Gasteiger partial charge >= 0.3 is 6.09 Å². The lowest BCUT2D eigenvalue weighted by molar-refractivity contribution is 0.0269. The minimum atomic E-state index is -0.516. The van der Waals surface area contributed by atoms with Gasteiger partial charge in [0.15, 0.2) is 0 Å². The zero-order valence-electron chi connectivity index (χ0n) is 26.2. The van der Waals surface area contributed by atoms with Crippen molar-refractivity contribution in [3.05, 3.63) is 59.5 Å². The standard InChI is InChI=1S/C32H44N6O4/c1-21-16-23(11-12-24(21)17-34-28(39)27-35-29(42-36-27)31(2,3)4)25-13-14-33-18-26(25)38-15-9-10-22(20-38)19-37(8)30(40)41-32(5,6)7/h11-14,16,18,22H,9-10,15,17,19-20H2,1-8H3,(H,34,39). The summed E-state index contributed by atoms with van der Waals surface area (Å²) in [7, 11) is 1.81. The third-order valence-corrected chi connectivity index (χ3v) is 7.26. The molecule has 0 saturated carbocycles. The molecule has 1 N–H and O–H groups in total. The van der Waals surface area contributed by atoms with Crippen molar-refractivity contribution in [2.75, 3.05) is 31.6 Å². The second-order valence-electron chi connectivity index (χ2n) is 13.2. The van der Waals surface area contributed by atoms with E-state index in [0.717, 1.165) is 53.9 Å². The summed E-state index contributed by atoms with van der Waals surface area (Å²) in [4.78, 5) is 37.9. The highest BCUT2D eigenvalue weighted by atomic mass is 16.6. The lowest BCUT2D eigenvalue weighted by Gasteiger charge is -2.37. The van der Waals surface area contributed by atoms with Crippen LogP contribution in [0.5, 0.6) is 0 Å². The van der Waals surface area contributed by atoms with Crippen LogP contribution in [0.2, 0.25) is 0 Å². The predicted molar refractivity (Wildman–Crippen MR) is 162 cm³/mol. The Kier molecular flexibility index (Phi) is 9.23. The second kappa shape index (κ2) is 12.5. The van der Waals surface area contributed by atoms with E-state index in [2.05, 4.69) is 37.5 Å². The molecule has 2 aromatic heterocycles. The maximum absolute atomic E-state index is 12.6. The van der Waals surface area contributed by atoms with Gasteiger partial charge in [0.05, 0.1) is 11.9 Å². The van der Waals surface area contributed by atoms with Crippen molar-refractivity contribution < 1.29 is 18.8 Å². The number of hydrogen-bond acceptors (Lipinski definition) is 8. The number of nitrogens with one attached hydrogen (secondary N) is 1. The first kappa shape index (κ1) is 31.0. The molecule has 1 aromatic carbocycles. The van der Waals surface area contributed by atoms with Crippen LogP contribution in [0.4, 0.5) is 10.5 Å². The first-order chi connectivity index (χ1) is 19.7. The summed E-state index contributed by atoms with van der Waals surface area (Å²) in [5, 5.41) is 6.74. The number of carbonyl (C=O) groups is 2. The Bertz CT molecular complexity index is 1400. The van der Waals surface area contributed by atoms with Gasteiger partial charge in [-0.1, -0.05) is 44.1 Å². The Labute approximate surface area is 248 Å². The monoisotopic (exact) mass is 576 g/mol. The maximum Gasteiger partial charge on any atom is 0.410 e. The first-order valence-electron chi connectivity index (χ1n) is 14.6. The van der Waals surface area contributed by atoms with Crippen molar-refractivity contribution in [1.82, 2.24) is 25.3 Å². The number of aromatic nitrogens is 3. The number of aryl methyl sites for hydroxylation is 1. The summed E-state index contributed by atoms with van der Waals surface area (Å²) >= 11 is 0. The van der Waals surface area contributed by atoms with Gasteiger partial charge in [-0.25, -0.2) is 4.79 Å². The van der Waals surface area contributed by atoms with Crippen LogP contribution in [0, 0.1) is 12.8 Å². The number of rotatable bonds is 7. The van der Waals surface area contributed by atoms with Crippen molar-refractivity contribution in [3.63, 3.8) is 0 Å². The molecular formula is C32H44N6O4. The summed E-state index contributed by atoms with van der Waals surface area (Å²) in [6, 6.07) is 8.31. The number of nitrogens with zero attached hydrogens (tertiary/aromatic N) is 5. The van der Waals surface area contributed by atoms with Gasteiger partial charge in [0.25, 0.3) is 11.7 Å². The molecule has 1 unspecified atom stereocenters. The highest BCUT2D eigenvalue weighted by molar-refractivity contribution is 5.90. The Hall–Kier alpha value is -3.95. The average molecular weight is 577 g/mol. The van der Waals surface area contributed by atoms with Crippen molar-refractivity contribution >= 4 is 17.7 Å². The van der Waals surface area contributed by atoms with Gasteiger partial charge in [-0.05, 0) is 69.2 Å². The van der Waals surface area contributed by atoms with Crippen molar-refractivity contribution in [1.29, 1.82) is 0 Å². The van der Waals surface area contributed by atoms with Gasteiger partial charge in [0, 0.05) is 50.4 Å². The molecule has 1 atom stereocenters. The van der Waals surface area contributed by atoms with Gasteiger partial charge in [-0.2, -0.15) is 4.98 Å². The zero-order valence-corrected chi connectivity index (χ0v) is 26.2. The van der Waals surface area contributed by atoms with E-state index in [1.165, 1.54) is 0 Å². The van der Waals surface area contributed by atoms with E-state index in [1.54, 1.807) is 11.9 Å². The van der Waals surface area contributed by atoms with Gasteiger partial charge < -0.3 is 24.4 Å². The highest BCUT2D eigenvalue weighted by Crippen LogP contribution is 2.34. The maximum atomic E-state index is 12.6. The molecule has 42 heavy (non-hydrogen) atoms. The Morgan fingerprint density at radius 1 is 1.17 bits per heavy atom. The van der Waals surface area contributed by atoms with E-state index in [4.69, 9.17) is 9.26 Å². The number of carbonyl (C=O) groups excluding carboxylic acids is 2. The van der Waals surface area contributed by atoms with Crippen LogP contribution < -0.4 is 10.2 Å². The summed E-state index contributed by atoms with van der Waals surface area (Å²) in [6.07, 6.45) is 5.54. The summed E-state index contributed by atoms with van der Waals surface area (Å²) in [5.74, 6) is 0.422. The number of anilines is 1. The van der Waals surface area contributed by atoms with Crippen LogP contribution in [0.1, 0.15) is 82.0 Å². The SMILES string of the molecule is Cc1cc(-c2ccncc2N2CCCC(CN(C)C(=O)OC(C)(C)C)C2)ccc1CNC(=O)c1noc(C(C)(C)C)n1. The van der Waals surface area contributed by atoms with E-state index < -0.39 is 5.60 Å². The lowest BCUT2D eigenvalue weighted by atomic mass is 9.95. The van der Waals surface area contributed by atoms with E-state index in [9.17, 15) is 9.59 Å². The highest BCUT2D eigenvalue weighted by Gasteiger charge is 2.27. The predicted octanol–water partition coefficient (Wildman–Crippen LogP) is 5.75. The third kappa shape index (κ3) is 7.86. The fraction of sp³-hybridized carbons (Fsp3) is 0.531. The van der Waals surface area contributed by atoms with Crippen LogP contribution >= 0.6 is 0 Å². The summed E-state index contributed by atoms with van der Waals surface area (Å²) in [5.41, 5.74) is 4.50. The normalized spacial score (nSPS) is 15.8. The molecule has 2 amide bonds. The zero-order chi connectivity index (χ0) is 30.7. The quantitative estimate of drug-likeness (QED) is 0.378. The molecule has 1 saturated heterocycles. The van der Waals surface area contributed by atoms with Crippen LogP contribution in [-0.2, 0) is 16.7 Å². The molecule has 1 fully saturated rings. The van der Waals surface area contributed by atoms with Crippen LogP contribution in [0.3, 0.4) is 0 Å². The molecule has 0 spiro atoms. The van der Waals surface area contributed by atoms with Crippen LogP contribution in [-0.4, -0.2) is 64.3 Å². The van der Waals surface area contributed by atoms with E-state index in [-0.39, 0.29) is 23.2 Å². The molecule has 4 rings (SSSR count). The number of hydrogen-bond donors (Lipinski definition) is 1. The number of benzene rings is 1. The Morgan fingerprint density at radius 2 is 1.93 bits per heavy atom. The second-order valence-corrected chi connectivity index (χ2v) is 13.2. The van der Waals surface area contributed by atoms with Gasteiger partial charge in [-0.15, -0.1) is 0 Å². The number of piperidine rings is 1. The Balaban J connectivity index is 1.43. The van der Waals surface area contributed by atoms with Crippen molar-refractivity contribution in [2.24, 2.45) is 5.92 Å². The smallest absolute Gasteiger partial charge is 0.410 e. The molecule has 0 radical (unpaired) electrons. The van der Waals surface area contributed by atoms with Gasteiger partial charge in [0.1, 0.15) is 5.60 Å². The molecule has 10 heteroatoms. The van der Waals surface area contributed by atoms with Gasteiger partial charge in [-0.3, -0.25) is 9.78 Å². The third-order valence-electron chi connectivity index (χ3n) is 7.26. The topological polar surface area (TPSA) is 114 Å². The first-order valence-corrected chi connectivity index (χ1v) is 14.6. The number of pyridine rings is 1. The largest absolute Gasteiger partial charge is 0.444 e. The molecule has 1 aliphatic rings. The fourth-order valence-electron chi connectivity index (χ4n) is 5.05. The lowest BCUT2D eigenvalue weighted by Crippen LogP contribution is -2.43. The average Bonchev–Trinajstić information content (AvgIpc) is 3.43. The molecule has 1 aliphatic heterocycles. The summed E-state index contributed by atoms with van der Waals surface area (Å²) < 4.78 is 10.8. The van der Waals surface area contributed by atoms with Crippen molar-refractivity contribution in [3.8, 4) is 11.1 Å². The molecule has 3 aromatic rings. The minimum absolute atomic E-state index is 0.0350. The minimum Gasteiger partial charge on any atom is -0.444 e. The van der Waals surface area contributed by atoms with E-state index in [1.807, 2.05) is 73.0 Å². The van der Waals surface area contributed by atoms with E-state index in [0.29, 0.717) is 24.9 Å². The molecule has 0 bridgehead atoms. The van der Waals surface area contributed by atoms with Crippen LogP contribution in [0.25, 0.3) is 11.1 Å².